The number of amides is 3. The van der Waals surface area contributed by atoms with Crippen LogP contribution in [0, 0.1) is 0 Å². The van der Waals surface area contributed by atoms with Crippen LogP contribution < -0.4 is 5.32 Å². The Hall–Kier alpha value is -3.21. The zero-order valence-electron chi connectivity index (χ0n) is 13.7. The number of carbonyl (C=O) groups excluding carboxylic acids is 3. The fraction of sp³-hybridized carbons (Fsp3) is 0.150. The van der Waals surface area contributed by atoms with E-state index in [1.165, 1.54) is 11.0 Å². The Morgan fingerprint density at radius 3 is 2.48 bits per heavy atom. The van der Waals surface area contributed by atoms with Gasteiger partial charge in [0.05, 0.1) is 11.1 Å². The fourth-order valence-corrected chi connectivity index (χ4v) is 2.79. The predicted octanol–water partition coefficient (Wildman–Crippen LogP) is 2.44. The molecule has 1 N–H and O–H groups in total. The predicted molar refractivity (Wildman–Crippen MR) is 94.5 cm³/mol. The van der Waals surface area contributed by atoms with Crippen molar-refractivity contribution in [1.29, 1.82) is 0 Å². The number of hydrogen-bond donors (Lipinski definition) is 1. The summed E-state index contributed by atoms with van der Waals surface area (Å²) in [5, 5.41) is 2.66. The number of benzene rings is 2. The van der Waals surface area contributed by atoms with Crippen molar-refractivity contribution in [2.24, 2.45) is 0 Å². The molecule has 2 aromatic carbocycles. The Morgan fingerprint density at radius 2 is 1.76 bits per heavy atom. The van der Waals surface area contributed by atoms with Crippen LogP contribution in [-0.4, -0.2) is 35.7 Å². The first-order chi connectivity index (χ1) is 12.1. The summed E-state index contributed by atoms with van der Waals surface area (Å²) in [5.74, 6) is -0.964. The van der Waals surface area contributed by atoms with Crippen molar-refractivity contribution in [3.8, 4) is 0 Å². The van der Waals surface area contributed by atoms with Crippen LogP contribution in [0.3, 0.4) is 0 Å². The van der Waals surface area contributed by atoms with Crippen LogP contribution in [-0.2, 0) is 6.42 Å². The van der Waals surface area contributed by atoms with Crippen molar-refractivity contribution in [3.05, 3.63) is 83.4 Å². The van der Waals surface area contributed by atoms with Crippen LogP contribution in [0.1, 0.15) is 36.6 Å². The maximum atomic E-state index is 12.6. The van der Waals surface area contributed by atoms with Gasteiger partial charge in [0, 0.05) is 18.7 Å². The normalized spacial score (nSPS) is 12.9. The molecule has 0 unspecified atom stereocenters. The summed E-state index contributed by atoms with van der Waals surface area (Å²) in [6.07, 6.45) is 2.17. The Balaban J connectivity index is 1.77. The molecule has 2 aromatic rings. The van der Waals surface area contributed by atoms with Crippen LogP contribution >= 0.6 is 0 Å². The minimum Gasteiger partial charge on any atom is -0.349 e. The number of hydrogen-bond acceptors (Lipinski definition) is 3. The molecule has 1 heterocycles. The van der Waals surface area contributed by atoms with Crippen molar-refractivity contribution in [1.82, 2.24) is 10.2 Å². The fourth-order valence-electron chi connectivity index (χ4n) is 2.79. The van der Waals surface area contributed by atoms with Gasteiger partial charge in [-0.3, -0.25) is 19.3 Å². The molecular weight excluding hydrogens is 316 g/mol. The third-order valence-corrected chi connectivity index (χ3v) is 4.11. The SMILES string of the molecule is C=CCNC(=O)c1ccc2c(c1)C(=O)N(CCc1ccccc1)C2=O. The van der Waals surface area contributed by atoms with E-state index in [9.17, 15) is 14.4 Å². The van der Waals surface area contributed by atoms with Crippen molar-refractivity contribution in [2.45, 2.75) is 6.42 Å². The molecular formula is C20H18N2O3. The van der Waals surface area contributed by atoms with Crippen molar-refractivity contribution in [2.75, 3.05) is 13.1 Å². The van der Waals surface area contributed by atoms with Gasteiger partial charge in [-0.2, -0.15) is 0 Å². The second-order valence-electron chi connectivity index (χ2n) is 5.76. The molecule has 25 heavy (non-hydrogen) atoms. The summed E-state index contributed by atoms with van der Waals surface area (Å²) in [7, 11) is 0. The summed E-state index contributed by atoms with van der Waals surface area (Å²) in [4.78, 5) is 38.3. The highest BCUT2D eigenvalue weighted by Crippen LogP contribution is 2.24. The second-order valence-corrected chi connectivity index (χ2v) is 5.76. The van der Waals surface area contributed by atoms with Gasteiger partial charge in [0.15, 0.2) is 0 Å². The van der Waals surface area contributed by atoms with E-state index in [0.717, 1.165) is 5.56 Å². The highest BCUT2D eigenvalue weighted by Gasteiger charge is 2.35. The molecule has 5 nitrogen and oxygen atoms in total. The maximum Gasteiger partial charge on any atom is 0.261 e. The van der Waals surface area contributed by atoms with E-state index in [2.05, 4.69) is 11.9 Å². The molecule has 0 radical (unpaired) electrons. The van der Waals surface area contributed by atoms with Crippen LogP contribution in [0.2, 0.25) is 0 Å². The minimum absolute atomic E-state index is 0.282. The average molecular weight is 334 g/mol. The van der Waals surface area contributed by atoms with Gasteiger partial charge < -0.3 is 5.32 Å². The summed E-state index contributed by atoms with van der Waals surface area (Å²) in [6, 6.07) is 14.3. The van der Waals surface area contributed by atoms with Gasteiger partial charge in [0.1, 0.15) is 0 Å². The minimum atomic E-state index is -0.352. The molecule has 0 fully saturated rings. The van der Waals surface area contributed by atoms with Gasteiger partial charge in [-0.25, -0.2) is 0 Å². The summed E-state index contributed by atoms with van der Waals surface area (Å²) < 4.78 is 0. The van der Waals surface area contributed by atoms with E-state index in [1.54, 1.807) is 18.2 Å². The number of imide groups is 1. The molecule has 126 valence electrons. The van der Waals surface area contributed by atoms with Crippen molar-refractivity contribution >= 4 is 17.7 Å². The van der Waals surface area contributed by atoms with Crippen LogP contribution in [0.25, 0.3) is 0 Å². The van der Waals surface area contributed by atoms with Gasteiger partial charge in [-0.1, -0.05) is 36.4 Å². The molecule has 0 saturated heterocycles. The zero-order chi connectivity index (χ0) is 17.8. The number of rotatable bonds is 6. The molecule has 3 rings (SSSR count). The molecule has 5 heteroatoms. The van der Waals surface area contributed by atoms with Crippen LogP contribution in [0.15, 0.2) is 61.2 Å². The lowest BCUT2D eigenvalue weighted by atomic mass is 10.1. The van der Waals surface area contributed by atoms with Gasteiger partial charge in [-0.05, 0) is 30.2 Å². The van der Waals surface area contributed by atoms with Gasteiger partial charge >= 0.3 is 0 Å². The lowest BCUT2D eigenvalue weighted by Gasteiger charge is -2.13. The topological polar surface area (TPSA) is 66.5 Å². The van der Waals surface area contributed by atoms with Gasteiger partial charge in [-0.15, -0.1) is 6.58 Å². The molecule has 0 spiro atoms. The van der Waals surface area contributed by atoms with Gasteiger partial charge in [0.25, 0.3) is 17.7 Å². The maximum absolute atomic E-state index is 12.6. The van der Waals surface area contributed by atoms with E-state index in [4.69, 9.17) is 0 Å². The molecule has 1 aliphatic heterocycles. The quantitative estimate of drug-likeness (QED) is 0.652. The molecule has 0 aromatic heterocycles. The number of nitrogens with zero attached hydrogens (tertiary/aromatic N) is 1. The van der Waals surface area contributed by atoms with Crippen LogP contribution in [0.5, 0.6) is 0 Å². The molecule has 0 atom stereocenters. The molecule has 0 saturated carbocycles. The lowest BCUT2D eigenvalue weighted by Crippen LogP contribution is -2.31. The molecule has 1 aliphatic rings. The number of carbonyl (C=O) groups is 3. The summed E-state index contributed by atoms with van der Waals surface area (Å²) >= 11 is 0. The van der Waals surface area contributed by atoms with Gasteiger partial charge in [0.2, 0.25) is 0 Å². The van der Waals surface area contributed by atoms with E-state index < -0.39 is 0 Å². The zero-order valence-corrected chi connectivity index (χ0v) is 13.7. The lowest BCUT2D eigenvalue weighted by molar-refractivity contribution is 0.0656. The largest absolute Gasteiger partial charge is 0.349 e. The highest BCUT2D eigenvalue weighted by molar-refractivity contribution is 6.22. The van der Waals surface area contributed by atoms with E-state index in [1.807, 2.05) is 30.3 Å². The Kier molecular flexibility index (Phi) is 4.75. The first-order valence-corrected chi connectivity index (χ1v) is 8.05. The van der Waals surface area contributed by atoms with Crippen LogP contribution in [0.4, 0.5) is 0 Å². The van der Waals surface area contributed by atoms with E-state index in [-0.39, 0.29) is 23.3 Å². The Bertz CT molecular complexity index is 843. The first-order valence-electron chi connectivity index (χ1n) is 8.05. The third kappa shape index (κ3) is 3.35. The molecule has 0 bridgehead atoms. The monoisotopic (exact) mass is 334 g/mol. The molecule has 0 aliphatic carbocycles. The average Bonchev–Trinajstić information content (AvgIpc) is 2.89. The van der Waals surface area contributed by atoms with Crippen molar-refractivity contribution < 1.29 is 14.4 Å². The van der Waals surface area contributed by atoms with Crippen molar-refractivity contribution in [3.63, 3.8) is 0 Å². The number of nitrogens with one attached hydrogen (secondary N) is 1. The second kappa shape index (κ2) is 7.13. The Morgan fingerprint density at radius 1 is 1.04 bits per heavy atom. The smallest absolute Gasteiger partial charge is 0.261 e. The third-order valence-electron chi connectivity index (χ3n) is 4.11. The summed E-state index contributed by atoms with van der Waals surface area (Å²) in [6.45, 7) is 4.19. The summed E-state index contributed by atoms with van der Waals surface area (Å²) in [5.41, 5.74) is 2.04. The first kappa shape index (κ1) is 16.6. The Labute approximate surface area is 146 Å². The molecule has 3 amide bonds. The number of fused-ring (bicyclic) bond motifs is 1. The highest BCUT2D eigenvalue weighted by atomic mass is 16.2. The van der Waals surface area contributed by atoms with E-state index >= 15 is 0 Å². The standard InChI is InChI=1S/C20H18N2O3/c1-2-11-21-18(23)15-8-9-16-17(13-15)20(25)22(19(16)24)12-10-14-6-4-3-5-7-14/h2-9,13H,1,10-12H2,(H,21,23). The van der Waals surface area contributed by atoms with E-state index in [0.29, 0.717) is 30.6 Å².